The van der Waals surface area contributed by atoms with Crippen molar-refractivity contribution in [3.05, 3.63) is 24.3 Å². The summed E-state index contributed by atoms with van der Waals surface area (Å²) in [6.07, 6.45) is 5.71. The molecule has 5 nitrogen and oxygen atoms in total. The third-order valence-corrected chi connectivity index (χ3v) is 3.05. The largest absolute Gasteiger partial charge is 0.481 e. The Balaban J connectivity index is 2.34. The van der Waals surface area contributed by atoms with Crippen LogP contribution in [-0.4, -0.2) is 40.3 Å². The van der Waals surface area contributed by atoms with Gasteiger partial charge in [-0.15, -0.1) is 0 Å². The van der Waals surface area contributed by atoms with E-state index in [-0.39, 0.29) is 19.0 Å². The van der Waals surface area contributed by atoms with Crippen LogP contribution in [0.25, 0.3) is 0 Å². The van der Waals surface area contributed by atoms with E-state index in [2.05, 4.69) is 0 Å². The Hall–Kier alpha value is -1.78. The van der Waals surface area contributed by atoms with Crippen molar-refractivity contribution < 1.29 is 19.8 Å². The van der Waals surface area contributed by atoms with Gasteiger partial charge in [-0.25, -0.2) is 4.79 Å². The summed E-state index contributed by atoms with van der Waals surface area (Å²) in [5.41, 5.74) is -1.06. The summed E-state index contributed by atoms with van der Waals surface area (Å²) in [6, 6.07) is 0. The van der Waals surface area contributed by atoms with Crippen molar-refractivity contribution in [3.8, 4) is 0 Å². The summed E-state index contributed by atoms with van der Waals surface area (Å²) in [5, 5.41) is 18.0. The summed E-state index contributed by atoms with van der Waals surface area (Å²) >= 11 is 0. The van der Waals surface area contributed by atoms with E-state index in [0.29, 0.717) is 0 Å². The molecule has 0 saturated carbocycles. The molecule has 2 N–H and O–H groups in total. The zero-order valence-electron chi connectivity index (χ0n) is 7.96. The van der Waals surface area contributed by atoms with Gasteiger partial charge in [-0.05, 0) is 0 Å². The number of allylic oxidation sites excluding steroid dienone is 2. The van der Waals surface area contributed by atoms with E-state index in [4.69, 9.17) is 5.11 Å². The lowest BCUT2D eigenvalue weighted by molar-refractivity contribution is -0.146. The third kappa shape index (κ3) is 1.31. The number of rotatable bonds is 1. The van der Waals surface area contributed by atoms with Gasteiger partial charge < -0.3 is 15.1 Å². The number of carboxylic acids is 1. The number of fused-ring (bicyclic) bond motifs is 1. The number of hydrogen-bond acceptors (Lipinski definition) is 2. The van der Waals surface area contributed by atoms with Crippen LogP contribution in [0, 0.1) is 11.3 Å². The highest BCUT2D eigenvalue weighted by Crippen LogP contribution is 2.40. The zero-order chi connectivity index (χ0) is 11.1. The van der Waals surface area contributed by atoms with E-state index in [1.807, 2.05) is 0 Å². The molecule has 1 amide bonds. The Morgan fingerprint density at radius 3 is 2.60 bits per heavy atom. The number of aliphatic carboxylic acids is 1. The van der Waals surface area contributed by atoms with Crippen LogP contribution in [0.1, 0.15) is 0 Å². The van der Waals surface area contributed by atoms with E-state index >= 15 is 0 Å². The van der Waals surface area contributed by atoms with Crippen molar-refractivity contribution in [3.63, 3.8) is 0 Å². The quantitative estimate of drug-likeness (QED) is 0.669. The predicted molar refractivity (Wildman–Crippen MR) is 51.4 cm³/mol. The lowest BCUT2D eigenvalue weighted by atomic mass is 9.75. The highest BCUT2D eigenvalue weighted by molar-refractivity contribution is 5.81. The molecule has 15 heavy (non-hydrogen) atoms. The van der Waals surface area contributed by atoms with Crippen molar-refractivity contribution in [2.24, 2.45) is 11.3 Å². The summed E-state index contributed by atoms with van der Waals surface area (Å²) in [6.45, 7) is 0.283. The molecule has 1 aliphatic heterocycles. The molecule has 0 aromatic rings. The summed E-state index contributed by atoms with van der Waals surface area (Å²) in [5.74, 6) is -1.21. The Kier molecular flexibility index (Phi) is 2.03. The van der Waals surface area contributed by atoms with Crippen LogP contribution in [-0.2, 0) is 4.79 Å². The molecule has 2 aliphatic rings. The smallest absolute Gasteiger partial charge is 0.407 e. The number of carboxylic acid groups (broad SMARTS) is 2. The van der Waals surface area contributed by atoms with Gasteiger partial charge in [-0.2, -0.15) is 0 Å². The Labute approximate surface area is 86.3 Å². The van der Waals surface area contributed by atoms with Gasteiger partial charge in [0.05, 0.1) is 0 Å². The molecule has 1 heterocycles. The number of nitrogens with zero attached hydrogens (tertiary/aromatic N) is 1. The van der Waals surface area contributed by atoms with E-state index < -0.39 is 17.5 Å². The maximum Gasteiger partial charge on any atom is 0.407 e. The van der Waals surface area contributed by atoms with Gasteiger partial charge in [0.25, 0.3) is 0 Å². The molecular formula is C10H11NO4. The van der Waals surface area contributed by atoms with E-state index in [1.165, 1.54) is 0 Å². The first-order valence-electron chi connectivity index (χ1n) is 4.63. The molecule has 1 aliphatic carbocycles. The summed E-state index contributed by atoms with van der Waals surface area (Å²) < 4.78 is 0. The number of amides is 1. The minimum absolute atomic E-state index is 0.0309. The normalized spacial score (nSPS) is 32.8. The average Bonchev–Trinajstić information content (AvgIpc) is 2.58. The fraction of sp³-hybridized carbons (Fsp3) is 0.400. The lowest BCUT2D eigenvalue weighted by Gasteiger charge is -2.26. The minimum Gasteiger partial charge on any atom is -0.481 e. The molecular weight excluding hydrogens is 198 g/mol. The second-order valence-electron chi connectivity index (χ2n) is 3.86. The van der Waals surface area contributed by atoms with Gasteiger partial charge in [-0.3, -0.25) is 4.79 Å². The van der Waals surface area contributed by atoms with Gasteiger partial charge in [0.15, 0.2) is 0 Å². The van der Waals surface area contributed by atoms with Crippen molar-refractivity contribution >= 4 is 12.1 Å². The second kappa shape index (κ2) is 3.12. The third-order valence-electron chi connectivity index (χ3n) is 3.05. The average molecular weight is 209 g/mol. The molecule has 1 saturated heterocycles. The first kappa shape index (κ1) is 9.76. The van der Waals surface area contributed by atoms with Crippen LogP contribution in [0.2, 0.25) is 0 Å². The van der Waals surface area contributed by atoms with E-state index in [9.17, 15) is 14.7 Å². The Morgan fingerprint density at radius 2 is 2.07 bits per heavy atom. The number of carbonyl (C=O) groups is 2. The molecule has 0 unspecified atom stereocenters. The standard InChI is InChI=1S/C10H11NO4/c12-8(13)10-4-2-1-3-7(10)5-11(6-10)9(14)15/h1-4,7H,5-6H2,(H,12,13)(H,14,15)/t7-,10-/m1/s1. The molecule has 2 rings (SSSR count). The van der Waals surface area contributed by atoms with Gasteiger partial charge in [-0.1, -0.05) is 24.3 Å². The molecule has 5 heteroatoms. The van der Waals surface area contributed by atoms with Gasteiger partial charge in [0.1, 0.15) is 5.41 Å². The van der Waals surface area contributed by atoms with Crippen LogP contribution < -0.4 is 0 Å². The van der Waals surface area contributed by atoms with E-state index in [0.717, 1.165) is 4.90 Å². The van der Waals surface area contributed by atoms with Gasteiger partial charge >= 0.3 is 12.1 Å². The topological polar surface area (TPSA) is 77.8 Å². The van der Waals surface area contributed by atoms with Crippen molar-refractivity contribution in [2.45, 2.75) is 0 Å². The fourth-order valence-electron chi connectivity index (χ4n) is 2.18. The maximum atomic E-state index is 11.2. The molecule has 0 aromatic carbocycles. The molecule has 1 fully saturated rings. The van der Waals surface area contributed by atoms with Crippen LogP contribution in [0.15, 0.2) is 24.3 Å². The Bertz CT molecular complexity index is 374. The van der Waals surface area contributed by atoms with Gasteiger partial charge in [0, 0.05) is 19.0 Å². The van der Waals surface area contributed by atoms with Crippen molar-refractivity contribution in [1.82, 2.24) is 4.90 Å². The van der Waals surface area contributed by atoms with Crippen LogP contribution in [0.5, 0.6) is 0 Å². The first-order chi connectivity index (χ1) is 7.06. The predicted octanol–water partition coefficient (Wildman–Crippen LogP) is 0.793. The zero-order valence-corrected chi connectivity index (χ0v) is 7.96. The van der Waals surface area contributed by atoms with Crippen LogP contribution in [0.3, 0.4) is 0 Å². The van der Waals surface area contributed by atoms with Crippen molar-refractivity contribution in [2.75, 3.05) is 13.1 Å². The highest BCUT2D eigenvalue weighted by Gasteiger charge is 2.51. The molecule has 2 atom stereocenters. The van der Waals surface area contributed by atoms with E-state index in [1.54, 1.807) is 24.3 Å². The molecule has 0 radical (unpaired) electrons. The maximum absolute atomic E-state index is 11.2. The molecule has 0 bridgehead atoms. The minimum atomic E-state index is -1.06. The highest BCUT2D eigenvalue weighted by atomic mass is 16.4. The number of likely N-dealkylation sites (tertiary alicyclic amines) is 1. The van der Waals surface area contributed by atoms with Crippen LogP contribution >= 0.6 is 0 Å². The molecule has 0 spiro atoms. The molecule has 0 aromatic heterocycles. The second-order valence-corrected chi connectivity index (χ2v) is 3.86. The van der Waals surface area contributed by atoms with Crippen molar-refractivity contribution in [1.29, 1.82) is 0 Å². The summed E-state index contributed by atoms with van der Waals surface area (Å²) in [4.78, 5) is 23.2. The number of hydrogen-bond donors (Lipinski definition) is 2. The fourth-order valence-corrected chi connectivity index (χ4v) is 2.18. The molecule has 80 valence electrons. The van der Waals surface area contributed by atoms with Crippen LogP contribution in [0.4, 0.5) is 4.79 Å². The lowest BCUT2D eigenvalue weighted by Crippen LogP contribution is -2.38. The SMILES string of the molecule is O=C(O)N1C[C@H]2C=CC=C[C@@]2(C(=O)O)C1. The monoisotopic (exact) mass is 209 g/mol. The summed E-state index contributed by atoms with van der Waals surface area (Å²) in [7, 11) is 0. The Morgan fingerprint density at radius 1 is 1.33 bits per heavy atom. The van der Waals surface area contributed by atoms with Gasteiger partial charge in [0.2, 0.25) is 0 Å². The first-order valence-corrected chi connectivity index (χ1v) is 4.63.